The van der Waals surface area contributed by atoms with Gasteiger partial charge in [0.1, 0.15) is 0 Å². The van der Waals surface area contributed by atoms with Crippen molar-refractivity contribution in [2.75, 3.05) is 0 Å². The molecule has 12 heavy (non-hydrogen) atoms. The lowest BCUT2D eigenvalue weighted by molar-refractivity contribution is 0.959. The van der Waals surface area contributed by atoms with Crippen LogP contribution in [0.3, 0.4) is 0 Å². The van der Waals surface area contributed by atoms with Crippen LogP contribution < -0.4 is 5.73 Å². The van der Waals surface area contributed by atoms with Crippen LogP contribution in [0.1, 0.15) is 18.1 Å². The number of nitrogens with zero attached hydrogens (tertiary/aromatic N) is 1. The van der Waals surface area contributed by atoms with E-state index in [2.05, 4.69) is 16.8 Å². The van der Waals surface area contributed by atoms with Gasteiger partial charge in [0.05, 0.1) is 6.04 Å². The van der Waals surface area contributed by atoms with E-state index in [0.717, 1.165) is 11.1 Å². The Labute approximate surface area is 72.8 Å². The van der Waals surface area contributed by atoms with Gasteiger partial charge < -0.3 is 5.73 Å². The minimum Gasteiger partial charge on any atom is -0.318 e. The Kier molecular flexibility index (Phi) is 2.84. The molecule has 1 aromatic heterocycles. The van der Waals surface area contributed by atoms with Crippen molar-refractivity contribution in [1.82, 2.24) is 4.98 Å². The van der Waals surface area contributed by atoms with Gasteiger partial charge >= 0.3 is 0 Å². The highest BCUT2D eigenvalue weighted by Gasteiger charge is 1.91. The van der Waals surface area contributed by atoms with Gasteiger partial charge in [0, 0.05) is 18.0 Å². The second kappa shape index (κ2) is 3.89. The zero-order valence-electron chi connectivity index (χ0n) is 7.33. The number of pyridine rings is 1. The van der Waals surface area contributed by atoms with Gasteiger partial charge in [0.15, 0.2) is 0 Å². The fourth-order valence-electron chi connectivity index (χ4n) is 0.786. The van der Waals surface area contributed by atoms with E-state index in [9.17, 15) is 0 Å². The second-order valence-electron chi connectivity index (χ2n) is 2.75. The van der Waals surface area contributed by atoms with Crippen molar-refractivity contribution in [3.63, 3.8) is 0 Å². The van der Waals surface area contributed by atoms with Gasteiger partial charge in [0.2, 0.25) is 0 Å². The topological polar surface area (TPSA) is 38.9 Å². The van der Waals surface area contributed by atoms with E-state index in [-0.39, 0.29) is 6.04 Å². The van der Waals surface area contributed by atoms with Crippen molar-refractivity contribution in [1.29, 1.82) is 0 Å². The maximum absolute atomic E-state index is 5.50. The molecule has 2 N–H and O–H groups in total. The quantitative estimate of drug-likeness (QED) is 0.577. The largest absolute Gasteiger partial charge is 0.318 e. The van der Waals surface area contributed by atoms with Gasteiger partial charge in [-0.15, -0.1) is 0 Å². The summed E-state index contributed by atoms with van der Waals surface area (Å²) in [5.74, 6) is 5.87. The predicted molar refractivity (Wildman–Crippen MR) is 49.5 cm³/mol. The molecular formula is C10H12N2. The average Bonchev–Trinajstić information content (AvgIpc) is 2.03. The zero-order chi connectivity index (χ0) is 8.97. The summed E-state index contributed by atoms with van der Waals surface area (Å²) in [5, 5.41) is 0. The van der Waals surface area contributed by atoms with Crippen LogP contribution in [0.25, 0.3) is 0 Å². The minimum absolute atomic E-state index is 0.0791. The summed E-state index contributed by atoms with van der Waals surface area (Å²) in [5.41, 5.74) is 7.59. The minimum atomic E-state index is -0.0791. The van der Waals surface area contributed by atoms with Crippen LogP contribution in [0.5, 0.6) is 0 Å². The Bertz CT molecular complexity index is 318. The number of nitrogens with two attached hydrogens (primary N) is 1. The van der Waals surface area contributed by atoms with Crippen LogP contribution in [-0.2, 0) is 0 Å². The number of hydrogen-bond donors (Lipinski definition) is 1. The third kappa shape index (κ3) is 2.37. The molecule has 1 rings (SSSR count). The molecule has 62 valence electrons. The molecule has 2 nitrogen and oxygen atoms in total. The molecule has 1 unspecified atom stereocenters. The van der Waals surface area contributed by atoms with Gasteiger partial charge in [-0.3, -0.25) is 4.98 Å². The maximum atomic E-state index is 5.50. The lowest BCUT2D eigenvalue weighted by Gasteiger charge is -1.94. The van der Waals surface area contributed by atoms with Crippen molar-refractivity contribution < 1.29 is 0 Å². The summed E-state index contributed by atoms with van der Waals surface area (Å²) in [6, 6.07) is 1.86. The molecule has 0 saturated heterocycles. The highest BCUT2D eigenvalue weighted by Crippen LogP contribution is 2.01. The van der Waals surface area contributed by atoms with Gasteiger partial charge in [-0.05, 0) is 25.5 Å². The van der Waals surface area contributed by atoms with Crippen LogP contribution >= 0.6 is 0 Å². The molecule has 1 heterocycles. The van der Waals surface area contributed by atoms with Crippen molar-refractivity contribution in [2.45, 2.75) is 19.9 Å². The van der Waals surface area contributed by atoms with Crippen molar-refractivity contribution in [3.8, 4) is 11.8 Å². The molecule has 1 atom stereocenters. The number of hydrogen-bond acceptors (Lipinski definition) is 2. The Morgan fingerprint density at radius 3 is 2.92 bits per heavy atom. The van der Waals surface area contributed by atoms with Crippen molar-refractivity contribution >= 4 is 0 Å². The molecule has 0 fully saturated rings. The Morgan fingerprint density at radius 1 is 1.58 bits per heavy atom. The third-order valence-corrected chi connectivity index (χ3v) is 1.47. The van der Waals surface area contributed by atoms with E-state index in [1.54, 1.807) is 12.4 Å². The summed E-state index contributed by atoms with van der Waals surface area (Å²) in [4.78, 5) is 3.98. The molecule has 0 aliphatic heterocycles. The van der Waals surface area contributed by atoms with Crippen LogP contribution in [0.15, 0.2) is 18.5 Å². The fourth-order valence-corrected chi connectivity index (χ4v) is 0.786. The molecule has 0 aliphatic rings. The molecule has 0 amide bonds. The molecule has 0 aliphatic carbocycles. The monoisotopic (exact) mass is 160 g/mol. The van der Waals surface area contributed by atoms with E-state index in [0.29, 0.717) is 0 Å². The third-order valence-electron chi connectivity index (χ3n) is 1.47. The number of aromatic nitrogens is 1. The summed E-state index contributed by atoms with van der Waals surface area (Å²) in [6.07, 6.45) is 3.51. The zero-order valence-corrected chi connectivity index (χ0v) is 7.33. The van der Waals surface area contributed by atoms with Gasteiger partial charge in [-0.2, -0.15) is 0 Å². The summed E-state index contributed by atoms with van der Waals surface area (Å²) < 4.78 is 0. The predicted octanol–water partition coefficient (Wildman–Crippen LogP) is 1.09. The van der Waals surface area contributed by atoms with E-state index in [1.807, 2.05) is 19.9 Å². The second-order valence-corrected chi connectivity index (χ2v) is 2.75. The summed E-state index contributed by atoms with van der Waals surface area (Å²) >= 11 is 0. The highest BCUT2D eigenvalue weighted by molar-refractivity contribution is 5.38. The summed E-state index contributed by atoms with van der Waals surface area (Å²) in [7, 11) is 0. The van der Waals surface area contributed by atoms with E-state index < -0.39 is 0 Å². The summed E-state index contributed by atoms with van der Waals surface area (Å²) in [6.45, 7) is 3.87. The SMILES string of the molecule is Cc1ccncc1C#CC(C)N. The Balaban J connectivity index is 2.92. The van der Waals surface area contributed by atoms with E-state index in [4.69, 9.17) is 5.73 Å². The smallest absolute Gasteiger partial charge is 0.0639 e. The lowest BCUT2D eigenvalue weighted by Crippen LogP contribution is -2.10. The lowest BCUT2D eigenvalue weighted by atomic mass is 10.1. The highest BCUT2D eigenvalue weighted by atomic mass is 14.6. The molecule has 0 spiro atoms. The van der Waals surface area contributed by atoms with Crippen molar-refractivity contribution in [3.05, 3.63) is 29.6 Å². The van der Waals surface area contributed by atoms with Gasteiger partial charge in [-0.25, -0.2) is 0 Å². The van der Waals surface area contributed by atoms with Crippen LogP contribution in [0, 0.1) is 18.8 Å². The van der Waals surface area contributed by atoms with E-state index in [1.165, 1.54) is 0 Å². The molecular weight excluding hydrogens is 148 g/mol. The van der Waals surface area contributed by atoms with Gasteiger partial charge in [0.25, 0.3) is 0 Å². The molecule has 1 aromatic rings. The Morgan fingerprint density at radius 2 is 2.33 bits per heavy atom. The van der Waals surface area contributed by atoms with Crippen LogP contribution in [0.2, 0.25) is 0 Å². The molecule has 0 saturated carbocycles. The van der Waals surface area contributed by atoms with Gasteiger partial charge in [-0.1, -0.05) is 11.8 Å². The first-order chi connectivity index (χ1) is 5.70. The maximum Gasteiger partial charge on any atom is 0.0639 e. The standard InChI is InChI=1S/C10H12N2/c1-8-5-6-12-7-10(8)4-3-9(2)11/h5-7,9H,11H2,1-2H3. The van der Waals surface area contributed by atoms with Crippen LogP contribution in [0.4, 0.5) is 0 Å². The first-order valence-electron chi connectivity index (χ1n) is 3.88. The van der Waals surface area contributed by atoms with Crippen LogP contribution in [-0.4, -0.2) is 11.0 Å². The number of aryl methyl sites for hydroxylation is 1. The normalized spacial score (nSPS) is 11.6. The first kappa shape index (κ1) is 8.76. The molecule has 0 radical (unpaired) electrons. The first-order valence-corrected chi connectivity index (χ1v) is 3.88. The van der Waals surface area contributed by atoms with E-state index >= 15 is 0 Å². The fraction of sp³-hybridized carbons (Fsp3) is 0.300. The Hall–Kier alpha value is -1.33. The molecule has 2 heteroatoms. The average molecular weight is 160 g/mol. The molecule has 0 bridgehead atoms. The molecule has 0 aromatic carbocycles. The van der Waals surface area contributed by atoms with Crippen molar-refractivity contribution in [2.24, 2.45) is 5.73 Å². The number of rotatable bonds is 0.